The zero-order valence-electron chi connectivity index (χ0n) is 12.7. The summed E-state index contributed by atoms with van der Waals surface area (Å²) in [5, 5.41) is 4.01. The van der Waals surface area contributed by atoms with E-state index < -0.39 is 0 Å². The Bertz CT molecular complexity index is 660. The Hall–Kier alpha value is -2.34. The van der Waals surface area contributed by atoms with Crippen LogP contribution >= 0.6 is 0 Å². The van der Waals surface area contributed by atoms with Crippen molar-refractivity contribution in [2.75, 3.05) is 31.9 Å². The number of nitrogens with zero attached hydrogens (tertiary/aromatic N) is 3. The van der Waals surface area contributed by atoms with Gasteiger partial charge in [-0.15, -0.1) is 0 Å². The first-order valence-corrected chi connectivity index (χ1v) is 7.41. The Morgan fingerprint density at radius 3 is 2.68 bits per heavy atom. The van der Waals surface area contributed by atoms with Gasteiger partial charge in [0.25, 0.3) is 5.91 Å². The van der Waals surface area contributed by atoms with Gasteiger partial charge < -0.3 is 15.2 Å². The number of nitrogens with two attached hydrogens (primary N) is 1. The molecule has 3 rings (SSSR count). The van der Waals surface area contributed by atoms with Gasteiger partial charge in [-0.2, -0.15) is 0 Å². The number of aromatic nitrogens is 1. The summed E-state index contributed by atoms with van der Waals surface area (Å²) in [5.74, 6) is 0.870. The van der Waals surface area contributed by atoms with E-state index in [0.717, 1.165) is 31.1 Å². The number of carbonyl (C=O) groups excluding carboxylic acids is 1. The number of amides is 1. The molecule has 0 spiro atoms. The molecule has 0 aliphatic carbocycles. The molecule has 0 bridgehead atoms. The van der Waals surface area contributed by atoms with E-state index in [1.54, 1.807) is 12.1 Å². The number of nitrogen functional groups attached to an aromatic ring is 1. The zero-order chi connectivity index (χ0) is 15.5. The highest BCUT2D eigenvalue weighted by molar-refractivity contribution is 5.95. The van der Waals surface area contributed by atoms with Crippen LogP contribution in [0.25, 0.3) is 0 Å². The second-order valence-electron chi connectivity index (χ2n) is 5.62. The van der Waals surface area contributed by atoms with E-state index in [4.69, 9.17) is 10.3 Å². The van der Waals surface area contributed by atoms with Crippen molar-refractivity contribution in [1.82, 2.24) is 15.0 Å². The maximum Gasteiger partial charge on any atom is 0.254 e. The Morgan fingerprint density at radius 2 is 2.05 bits per heavy atom. The van der Waals surface area contributed by atoms with Gasteiger partial charge in [-0.3, -0.25) is 9.69 Å². The van der Waals surface area contributed by atoms with E-state index in [-0.39, 0.29) is 5.91 Å². The van der Waals surface area contributed by atoms with Gasteiger partial charge in [0.15, 0.2) is 0 Å². The van der Waals surface area contributed by atoms with Gasteiger partial charge >= 0.3 is 0 Å². The first-order chi connectivity index (χ1) is 10.6. The number of carbonyl (C=O) groups is 1. The summed E-state index contributed by atoms with van der Waals surface area (Å²) >= 11 is 0. The lowest BCUT2D eigenvalue weighted by atomic mass is 10.1. The van der Waals surface area contributed by atoms with Gasteiger partial charge in [0, 0.05) is 50.0 Å². The number of aryl methyl sites for hydroxylation is 1. The summed E-state index contributed by atoms with van der Waals surface area (Å²) in [6.07, 6.45) is 0. The molecule has 1 aliphatic heterocycles. The third-order valence-corrected chi connectivity index (χ3v) is 3.86. The molecule has 1 amide bonds. The van der Waals surface area contributed by atoms with Crippen LogP contribution in [0.2, 0.25) is 0 Å². The predicted octanol–water partition coefficient (Wildman–Crippen LogP) is 1.52. The van der Waals surface area contributed by atoms with Crippen molar-refractivity contribution in [2.45, 2.75) is 13.5 Å². The van der Waals surface area contributed by atoms with Crippen molar-refractivity contribution in [3.63, 3.8) is 0 Å². The molecule has 1 aromatic heterocycles. The molecule has 1 aromatic carbocycles. The summed E-state index contributed by atoms with van der Waals surface area (Å²) in [6.45, 7) is 5.74. The lowest BCUT2D eigenvalue weighted by Gasteiger charge is -2.34. The Morgan fingerprint density at radius 1 is 1.27 bits per heavy atom. The lowest BCUT2D eigenvalue weighted by Crippen LogP contribution is -2.48. The van der Waals surface area contributed by atoms with E-state index in [9.17, 15) is 4.79 Å². The van der Waals surface area contributed by atoms with E-state index in [2.05, 4.69) is 10.1 Å². The summed E-state index contributed by atoms with van der Waals surface area (Å²) in [7, 11) is 0. The fourth-order valence-electron chi connectivity index (χ4n) is 2.68. The van der Waals surface area contributed by atoms with Crippen LogP contribution in [-0.2, 0) is 6.54 Å². The minimum Gasteiger partial charge on any atom is -0.399 e. The molecule has 2 N–H and O–H groups in total. The minimum atomic E-state index is 0.0456. The average Bonchev–Trinajstić information content (AvgIpc) is 2.92. The van der Waals surface area contributed by atoms with E-state index >= 15 is 0 Å². The van der Waals surface area contributed by atoms with E-state index in [1.807, 2.05) is 30.0 Å². The molecule has 116 valence electrons. The molecule has 6 heteroatoms. The average molecular weight is 300 g/mol. The third kappa shape index (κ3) is 3.28. The second kappa shape index (κ2) is 6.19. The fraction of sp³-hybridized carbons (Fsp3) is 0.375. The summed E-state index contributed by atoms with van der Waals surface area (Å²) in [5.41, 5.74) is 7.95. The second-order valence-corrected chi connectivity index (χ2v) is 5.62. The minimum absolute atomic E-state index is 0.0456. The van der Waals surface area contributed by atoms with Gasteiger partial charge in [-0.1, -0.05) is 11.2 Å². The van der Waals surface area contributed by atoms with Crippen LogP contribution in [0.1, 0.15) is 21.8 Å². The summed E-state index contributed by atoms with van der Waals surface area (Å²) in [6, 6.07) is 9.08. The molecule has 1 saturated heterocycles. The number of rotatable bonds is 3. The highest BCUT2D eigenvalue weighted by Crippen LogP contribution is 2.13. The first kappa shape index (κ1) is 14.6. The van der Waals surface area contributed by atoms with Crippen molar-refractivity contribution in [1.29, 1.82) is 0 Å². The Balaban J connectivity index is 1.56. The van der Waals surface area contributed by atoms with Gasteiger partial charge in [0.1, 0.15) is 5.76 Å². The topological polar surface area (TPSA) is 75.6 Å². The van der Waals surface area contributed by atoms with Gasteiger partial charge in [0.05, 0.1) is 5.69 Å². The number of anilines is 1. The summed E-state index contributed by atoms with van der Waals surface area (Å²) in [4.78, 5) is 16.6. The molecule has 2 heterocycles. The fourth-order valence-corrected chi connectivity index (χ4v) is 2.68. The molecular formula is C16H20N4O2. The van der Waals surface area contributed by atoms with Crippen LogP contribution < -0.4 is 5.73 Å². The molecule has 22 heavy (non-hydrogen) atoms. The van der Waals surface area contributed by atoms with Crippen molar-refractivity contribution in [3.05, 3.63) is 47.3 Å². The first-order valence-electron chi connectivity index (χ1n) is 7.41. The maximum atomic E-state index is 12.4. The van der Waals surface area contributed by atoms with Crippen LogP contribution in [-0.4, -0.2) is 47.0 Å². The molecule has 1 fully saturated rings. The van der Waals surface area contributed by atoms with Crippen LogP contribution in [0.3, 0.4) is 0 Å². The standard InChI is InChI=1S/C16H20N4O2/c1-12-9-15(18-22-12)11-19-5-7-20(8-6-19)16(21)13-3-2-4-14(17)10-13/h2-4,9-10H,5-8,11,17H2,1H3. The highest BCUT2D eigenvalue weighted by atomic mass is 16.5. The lowest BCUT2D eigenvalue weighted by molar-refractivity contribution is 0.0625. The Labute approximate surface area is 129 Å². The van der Waals surface area contributed by atoms with E-state index in [0.29, 0.717) is 24.3 Å². The number of hydrogen-bond acceptors (Lipinski definition) is 5. The molecule has 0 saturated carbocycles. The summed E-state index contributed by atoms with van der Waals surface area (Å²) < 4.78 is 5.08. The van der Waals surface area contributed by atoms with Crippen LogP contribution in [0.15, 0.2) is 34.9 Å². The SMILES string of the molecule is Cc1cc(CN2CCN(C(=O)c3cccc(N)c3)CC2)no1. The van der Waals surface area contributed by atoms with Crippen molar-refractivity contribution in [2.24, 2.45) is 0 Å². The molecular weight excluding hydrogens is 280 g/mol. The Kier molecular flexibility index (Phi) is 4.11. The molecule has 0 atom stereocenters. The van der Waals surface area contributed by atoms with Gasteiger partial charge in [-0.05, 0) is 25.1 Å². The van der Waals surface area contributed by atoms with Crippen molar-refractivity contribution >= 4 is 11.6 Å². The quantitative estimate of drug-likeness (QED) is 0.870. The van der Waals surface area contributed by atoms with Gasteiger partial charge in [0.2, 0.25) is 0 Å². The molecule has 2 aromatic rings. The monoisotopic (exact) mass is 300 g/mol. The number of piperazine rings is 1. The van der Waals surface area contributed by atoms with Crippen LogP contribution in [0, 0.1) is 6.92 Å². The maximum absolute atomic E-state index is 12.4. The van der Waals surface area contributed by atoms with Crippen molar-refractivity contribution < 1.29 is 9.32 Å². The van der Waals surface area contributed by atoms with Crippen LogP contribution in [0.5, 0.6) is 0 Å². The van der Waals surface area contributed by atoms with E-state index in [1.165, 1.54) is 0 Å². The largest absolute Gasteiger partial charge is 0.399 e. The number of hydrogen-bond donors (Lipinski definition) is 1. The smallest absolute Gasteiger partial charge is 0.254 e. The number of benzene rings is 1. The van der Waals surface area contributed by atoms with Crippen molar-refractivity contribution in [3.8, 4) is 0 Å². The zero-order valence-corrected chi connectivity index (χ0v) is 12.7. The molecule has 0 unspecified atom stereocenters. The van der Waals surface area contributed by atoms with Gasteiger partial charge in [-0.25, -0.2) is 0 Å². The molecule has 6 nitrogen and oxygen atoms in total. The predicted molar refractivity (Wildman–Crippen MR) is 83.3 cm³/mol. The normalized spacial score (nSPS) is 16.0. The third-order valence-electron chi connectivity index (χ3n) is 3.86. The molecule has 1 aliphatic rings. The highest BCUT2D eigenvalue weighted by Gasteiger charge is 2.22. The van der Waals surface area contributed by atoms with Crippen LogP contribution in [0.4, 0.5) is 5.69 Å². The molecule has 0 radical (unpaired) electrons.